The van der Waals surface area contributed by atoms with Crippen LogP contribution in [-0.4, -0.2) is 33.3 Å². The Balaban J connectivity index is 0.00000272. The highest BCUT2D eigenvalue weighted by molar-refractivity contribution is 5.85. The molecule has 1 aliphatic carbocycles. The van der Waals surface area contributed by atoms with Crippen molar-refractivity contribution in [2.45, 2.75) is 50.9 Å². The van der Waals surface area contributed by atoms with Gasteiger partial charge in [-0.2, -0.15) is 23.4 Å². The quantitative estimate of drug-likeness (QED) is 0.555. The second-order valence-electron chi connectivity index (χ2n) is 7.72. The summed E-state index contributed by atoms with van der Waals surface area (Å²) in [6, 6.07) is 5.25. The van der Waals surface area contributed by atoms with Crippen LogP contribution in [0.5, 0.6) is 0 Å². The van der Waals surface area contributed by atoms with Crippen molar-refractivity contribution in [1.29, 1.82) is 0 Å². The van der Waals surface area contributed by atoms with Crippen molar-refractivity contribution in [2.75, 3.05) is 0 Å². The van der Waals surface area contributed by atoms with Gasteiger partial charge < -0.3 is 15.6 Å². The molecule has 3 unspecified atom stereocenters. The van der Waals surface area contributed by atoms with Crippen LogP contribution >= 0.6 is 24.8 Å². The van der Waals surface area contributed by atoms with Crippen molar-refractivity contribution in [3.63, 3.8) is 0 Å². The third-order valence-corrected chi connectivity index (χ3v) is 5.13. The summed E-state index contributed by atoms with van der Waals surface area (Å²) in [5.74, 6) is -1.67. The van der Waals surface area contributed by atoms with E-state index in [1.54, 1.807) is 6.07 Å². The Morgan fingerprint density at radius 2 is 1.94 bits per heavy atom. The molecule has 0 fully saturated rings. The van der Waals surface area contributed by atoms with Crippen LogP contribution in [0.25, 0.3) is 11.3 Å². The number of aliphatic carboxylic acids is 1. The molecule has 7 nitrogen and oxygen atoms in total. The molecule has 3 atom stereocenters. The van der Waals surface area contributed by atoms with Crippen molar-refractivity contribution < 1.29 is 32.6 Å². The SMILES string of the molecule is CC1Cc2nnc(-c3cccc(C(F)(F)F)c3)cc2C(OC(=O)C(N)CCC(=O)O)C1.Cl.Cl. The van der Waals surface area contributed by atoms with Crippen LogP contribution in [-0.2, 0) is 26.9 Å². The molecule has 1 aliphatic rings. The maximum atomic E-state index is 13.1. The van der Waals surface area contributed by atoms with Gasteiger partial charge in [-0.1, -0.05) is 19.1 Å². The summed E-state index contributed by atoms with van der Waals surface area (Å²) in [6.45, 7) is 1.95. The summed E-state index contributed by atoms with van der Waals surface area (Å²) in [5.41, 5.74) is 6.59. The number of carboxylic acid groups (broad SMARTS) is 1. The molecular formula is C21H24Cl2F3N3O4. The van der Waals surface area contributed by atoms with Crippen LogP contribution in [0.1, 0.15) is 49.1 Å². The molecule has 0 amide bonds. The van der Waals surface area contributed by atoms with E-state index in [-0.39, 0.29) is 54.8 Å². The number of halogens is 5. The van der Waals surface area contributed by atoms with E-state index in [4.69, 9.17) is 15.6 Å². The highest BCUT2D eigenvalue weighted by atomic mass is 35.5. The van der Waals surface area contributed by atoms with Gasteiger partial charge in [0.2, 0.25) is 0 Å². The predicted molar refractivity (Wildman–Crippen MR) is 118 cm³/mol. The van der Waals surface area contributed by atoms with Crippen molar-refractivity contribution in [3.05, 3.63) is 47.2 Å². The summed E-state index contributed by atoms with van der Waals surface area (Å²) in [4.78, 5) is 23.0. The minimum absolute atomic E-state index is 0. The first-order valence-electron chi connectivity index (χ1n) is 9.76. The number of ether oxygens (including phenoxy) is 1. The molecule has 1 aromatic heterocycles. The van der Waals surface area contributed by atoms with Crippen LogP contribution in [0, 0.1) is 5.92 Å². The zero-order valence-electron chi connectivity index (χ0n) is 17.5. The van der Waals surface area contributed by atoms with Crippen LogP contribution in [0.4, 0.5) is 13.2 Å². The number of esters is 1. The molecule has 0 saturated carbocycles. The number of rotatable bonds is 6. The second-order valence-corrected chi connectivity index (χ2v) is 7.72. The number of hydrogen-bond donors (Lipinski definition) is 2. The Labute approximate surface area is 200 Å². The zero-order chi connectivity index (χ0) is 22.8. The first-order valence-corrected chi connectivity index (χ1v) is 9.76. The monoisotopic (exact) mass is 509 g/mol. The van der Waals surface area contributed by atoms with Gasteiger partial charge in [0.25, 0.3) is 0 Å². The van der Waals surface area contributed by atoms with Crippen LogP contribution in [0.15, 0.2) is 30.3 Å². The fraction of sp³-hybridized carbons (Fsp3) is 0.429. The molecule has 3 rings (SSSR count). The molecule has 1 heterocycles. The number of fused-ring (bicyclic) bond motifs is 1. The Kier molecular flexibility index (Phi) is 10.1. The van der Waals surface area contributed by atoms with E-state index in [0.29, 0.717) is 24.1 Å². The molecule has 3 N–H and O–H groups in total. The van der Waals surface area contributed by atoms with E-state index in [1.165, 1.54) is 12.1 Å². The highest BCUT2D eigenvalue weighted by Gasteiger charge is 2.32. The molecule has 0 saturated heterocycles. The number of benzene rings is 1. The highest BCUT2D eigenvalue weighted by Crippen LogP contribution is 2.37. The number of carbonyl (C=O) groups excluding carboxylic acids is 1. The van der Waals surface area contributed by atoms with Gasteiger partial charge in [0.15, 0.2) is 0 Å². The van der Waals surface area contributed by atoms with E-state index in [9.17, 15) is 22.8 Å². The van der Waals surface area contributed by atoms with Gasteiger partial charge in [-0.05, 0) is 43.4 Å². The first-order chi connectivity index (χ1) is 14.5. The average molecular weight is 510 g/mol. The number of hydrogen-bond acceptors (Lipinski definition) is 6. The van der Waals surface area contributed by atoms with Crippen LogP contribution < -0.4 is 5.73 Å². The number of alkyl halides is 3. The minimum Gasteiger partial charge on any atom is -0.481 e. The minimum atomic E-state index is -4.49. The van der Waals surface area contributed by atoms with Gasteiger partial charge >= 0.3 is 18.1 Å². The van der Waals surface area contributed by atoms with E-state index in [2.05, 4.69) is 10.2 Å². The molecule has 182 valence electrons. The van der Waals surface area contributed by atoms with Crippen molar-refractivity contribution >= 4 is 36.8 Å². The number of carboxylic acids is 1. The van der Waals surface area contributed by atoms with Crippen LogP contribution in [0.3, 0.4) is 0 Å². The maximum Gasteiger partial charge on any atom is 0.416 e. The lowest BCUT2D eigenvalue weighted by molar-refractivity contribution is -0.152. The second kappa shape index (κ2) is 11.6. The number of nitrogens with two attached hydrogens (primary N) is 1. The molecule has 33 heavy (non-hydrogen) atoms. The van der Waals surface area contributed by atoms with E-state index < -0.39 is 35.8 Å². The third kappa shape index (κ3) is 7.28. The number of aromatic nitrogens is 2. The van der Waals surface area contributed by atoms with Gasteiger partial charge in [0.1, 0.15) is 12.1 Å². The van der Waals surface area contributed by atoms with E-state index in [0.717, 1.165) is 12.1 Å². The van der Waals surface area contributed by atoms with Crippen molar-refractivity contribution in [1.82, 2.24) is 10.2 Å². The Morgan fingerprint density at radius 1 is 1.24 bits per heavy atom. The smallest absolute Gasteiger partial charge is 0.416 e. The fourth-order valence-corrected chi connectivity index (χ4v) is 3.51. The van der Waals surface area contributed by atoms with Gasteiger partial charge in [-0.25, -0.2) is 0 Å². The van der Waals surface area contributed by atoms with Crippen molar-refractivity contribution in [2.24, 2.45) is 11.7 Å². The predicted octanol–water partition coefficient (Wildman–Crippen LogP) is 4.36. The number of carbonyl (C=O) groups is 2. The molecule has 0 radical (unpaired) electrons. The standard InChI is InChI=1S/C21H22F3N3O4.2ClH/c1-11-7-17-14(18(8-11)31-20(30)15(25)5-6-19(28)29)10-16(26-27-17)12-3-2-4-13(9-12)21(22,23)24;;/h2-4,9-11,15,18H,5-8,25H2,1H3,(H,28,29);2*1H. The zero-order valence-corrected chi connectivity index (χ0v) is 19.2. The summed E-state index contributed by atoms with van der Waals surface area (Å²) in [6.07, 6.45) is -4.44. The molecule has 0 aliphatic heterocycles. The van der Waals surface area contributed by atoms with Crippen molar-refractivity contribution in [3.8, 4) is 11.3 Å². The average Bonchev–Trinajstić information content (AvgIpc) is 2.71. The topological polar surface area (TPSA) is 115 Å². The molecule has 1 aromatic carbocycles. The first kappa shape index (κ1) is 28.6. The van der Waals surface area contributed by atoms with Gasteiger partial charge in [0, 0.05) is 17.5 Å². The maximum absolute atomic E-state index is 13.1. The largest absolute Gasteiger partial charge is 0.481 e. The lowest BCUT2D eigenvalue weighted by Gasteiger charge is -2.29. The normalized spacial score (nSPS) is 18.2. The molecular weight excluding hydrogens is 486 g/mol. The van der Waals surface area contributed by atoms with Gasteiger partial charge in [0.05, 0.1) is 17.0 Å². The Bertz CT molecular complexity index is 991. The summed E-state index contributed by atoms with van der Waals surface area (Å²) in [5, 5.41) is 17.0. The Morgan fingerprint density at radius 3 is 2.58 bits per heavy atom. The number of nitrogens with zero attached hydrogens (tertiary/aromatic N) is 2. The lowest BCUT2D eigenvalue weighted by Crippen LogP contribution is -2.35. The Hall–Kier alpha value is -2.43. The lowest BCUT2D eigenvalue weighted by atomic mass is 9.85. The third-order valence-electron chi connectivity index (χ3n) is 5.13. The molecule has 0 bridgehead atoms. The summed E-state index contributed by atoms with van der Waals surface area (Å²) >= 11 is 0. The summed E-state index contributed by atoms with van der Waals surface area (Å²) < 4.78 is 44.7. The summed E-state index contributed by atoms with van der Waals surface area (Å²) in [7, 11) is 0. The molecule has 2 aromatic rings. The van der Waals surface area contributed by atoms with E-state index in [1.807, 2.05) is 6.92 Å². The van der Waals surface area contributed by atoms with Gasteiger partial charge in [-0.3, -0.25) is 9.59 Å². The van der Waals surface area contributed by atoms with E-state index >= 15 is 0 Å². The molecule has 12 heteroatoms. The fourth-order valence-electron chi connectivity index (χ4n) is 3.51. The van der Waals surface area contributed by atoms with Crippen LogP contribution in [0.2, 0.25) is 0 Å². The molecule has 0 spiro atoms. The van der Waals surface area contributed by atoms with Gasteiger partial charge in [-0.15, -0.1) is 24.8 Å².